The molecule has 0 aromatic rings. The number of likely N-dealkylation sites (tertiary alicyclic amines) is 1. The summed E-state index contributed by atoms with van der Waals surface area (Å²) in [7, 11) is 0. The van der Waals surface area contributed by atoms with Crippen LogP contribution in [0.15, 0.2) is 5.16 Å². The van der Waals surface area contributed by atoms with E-state index in [1.165, 1.54) is 38.8 Å². The molecular weight excluding hydrogens is 238 g/mol. The van der Waals surface area contributed by atoms with Gasteiger partial charge in [0.15, 0.2) is 0 Å². The van der Waals surface area contributed by atoms with Crippen molar-refractivity contribution in [3.05, 3.63) is 0 Å². The second-order valence-corrected chi connectivity index (χ2v) is 6.67. The highest BCUT2D eigenvalue weighted by atomic mass is 16.4. The first-order valence-corrected chi connectivity index (χ1v) is 7.59. The zero-order chi connectivity index (χ0) is 14.5. The summed E-state index contributed by atoms with van der Waals surface area (Å²) in [5, 5.41) is 11.9. The van der Waals surface area contributed by atoms with Crippen LogP contribution < -0.4 is 5.73 Å². The Morgan fingerprint density at radius 1 is 1.26 bits per heavy atom. The van der Waals surface area contributed by atoms with Gasteiger partial charge >= 0.3 is 0 Å². The van der Waals surface area contributed by atoms with Gasteiger partial charge in [0.05, 0.1) is 0 Å². The zero-order valence-corrected chi connectivity index (χ0v) is 13.1. The van der Waals surface area contributed by atoms with Gasteiger partial charge in [-0.05, 0) is 44.3 Å². The molecule has 112 valence electrons. The van der Waals surface area contributed by atoms with Gasteiger partial charge in [-0.15, -0.1) is 0 Å². The van der Waals surface area contributed by atoms with Crippen molar-refractivity contribution in [2.75, 3.05) is 19.6 Å². The molecule has 0 spiro atoms. The lowest BCUT2D eigenvalue weighted by molar-refractivity contribution is 0.0901. The van der Waals surface area contributed by atoms with Gasteiger partial charge in [0.1, 0.15) is 5.84 Å². The van der Waals surface area contributed by atoms with Crippen molar-refractivity contribution in [3.63, 3.8) is 0 Å². The van der Waals surface area contributed by atoms with Gasteiger partial charge in [0, 0.05) is 5.41 Å². The average molecular weight is 269 g/mol. The molecule has 4 heteroatoms. The maximum absolute atomic E-state index is 8.79. The van der Waals surface area contributed by atoms with Crippen LogP contribution in [-0.2, 0) is 0 Å². The van der Waals surface area contributed by atoms with E-state index in [0.29, 0.717) is 11.3 Å². The minimum atomic E-state index is -0.223. The Bertz CT molecular complexity index is 299. The van der Waals surface area contributed by atoms with Crippen LogP contribution in [0.25, 0.3) is 0 Å². The summed E-state index contributed by atoms with van der Waals surface area (Å²) in [6.07, 6.45) is 6.15. The van der Waals surface area contributed by atoms with Crippen molar-refractivity contribution in [1.82, 2.24) is 4.90 Å². The maximum Gasteiger partial charge on any atom is 0.144 e. The minimum absolute atomic E-state index is 0.223. The van der Waals surface area contributed by atoms with Crippen molar-refractivity contribution in [2.45, 2.75) is 59.8 Å². The summed E-state index contributed by atoms with van der Waals surface area (Å²) in [5.41, 5.74) is 6.09. The number of hydrogen-bond donors (Lipinski definition) is 2. The minimum Gasteiger partial charge on any atom is -0.409 e. The van der Waals surface area contributed by atoms with Gasteiger partial charge < -0.3 is 15.8 Å². The highest BCUT2D eigenvalue weighted by molar-refractivity contribution is 5.85. The van der Waals surface area contributed by atoms with E-state index in [9.17, 15) is 0 Å². The molecule has 1 heterocycles. The van der Waals surface area contributed by atoms with Crippen LogP contribution in [-0.4, -0.2) is 35.6 Å². The van der Waals surface area contributed by atoms with E-state index >= 15 is 0 Å². The Balaban J connectivity index is 2.42. The fourth-order valence-electron chi connectivity index (χ4n) is 2.91. The fraction of sp³-hybridized carbons (Fsp3) is 0.933. The van der Waals surface area contributed by atoms with Crippen molar-refractivity contribution in [1.29, 1.82) is 0 Å². The molecule has 0 atom stereocenters. The van der Waals surface area contributed by atoms with Crippen LogP contribution in [0.4, 0.5) is 0 Å². The van der Waals surface area contributed by atoms with Gasteiger partial charge in [-0.3, -0.25) is 0 Å². The van der Waals surface area contributed by atoms with E-state index in [1.807, 2.05) is 13.8 Å². The molecule has 0 saturated carbocycles. The third-order valence-corrected chi connectivity index (χ3v) is 5.27. The third kappa shape index (κ3) is 4.10. The predicted molar refractivity (Wildman–Crippen MR) is 80.5 cm³/mol. The van der Waals surface area contributed by atoms with Crippen LogP contribution in [0.5, 0.6) is 0 Å². The molecule has 1 aliphatic heterocycles. The summed E-state index contributed by atoms with van der Waals surface area (Å²) < 4.78 is 0. The van der Waals surface area contributed by atoms with E-state index in [2.05, 4.69) is 23.9 Å². The lowest BCUT2D eigenvalue weighted by atomic mass is 9.74. The van der Waals surface area contributed by atoms with E-state index in [-0.39, 0.29) is 5.41 Å². The number of oxime groups is 1. The second kappa shape index (κ2) is 6.60. The lowest BCUT2D eigenvalue weighted by Crippen LogP contribution is -2.42. The summed E-state index contributed by atoms with van der Waals surface area (Å²) in [5.74, 6) is 0.334. The maximum atomic E-state index is 8.79. The largest absolute Gasteiger partial charge is 0.409 e. The highest BCUT2D eigenvalue weighted by Gasteiger charge is 2.32. The van der Waals surface area contributed by atoms with Crippen molar-refractivity contribution < 1.29 is 5.21 Å². The molecule has 4 nitrogen and oxygen atoms in total. The summed E-state index contributed by atoms with van der Waals surface area (Å²) in [6, 6.07) is 0. The lowest BCUT2D eigenvalue weighted by Gasteiger charge is -2.41. The molecular formula is C15H31N3O. The quantitative estimate of drug-likeness (QED) is 0.337. The molecule has 1 aliphatic rings. The Labute approximate surface area is 118 Å². The van der Waals surface area contributed by atoms with Crippen LogP contribution in [0.1, 0.15) is 59.8 Å². The molecule has 3 N–H and O–H groups in total. The standard InChI is InChI=1S/C15H31N3O/c1-5-15(6-2)8-11-18(12-9-15)10-7-14(3,4)13(16)17-19/h19H,5-12H2,1-4H3,(H2,16,17). The van der Waals surface area contributed by atoms with Crippen LogP contribution in [0.3, 0.4) is 0 Å². The van der Waals surface area contributed by atoms with E-state index in [4.69, 9.17) is 10.9 Å². The topological polar surface area (TPSA) is 61.8 Å². The van der Waals surface area contributed by atoms with Crippen molar-refractivity contribution >= 4 is 5.84 Å². The van der Waals surface area contributed by atoms with Crippen molar-refractivity contribution in [3.8, 4) is 0 Å². The van der Waals surface area contributed by atoms with Gasteiger partial charge in [0.2, 0.25) is 0 Å². The summed E-state index contributed by atoms with van der Waals surface area (Å²) in [4.78, 5) is 2.52. The molecule has 0 radical (unpaired) electrons. The Hall–Kier alpha value is -0.770. The molecule has 1 saturated heterocycles. The smallest absolute Gasteiger partial charge is 0.144 e. The normalized spacial score (nSPS) is 21.6. The molecule has 1 rings (SSSR count). The number of nitrogens with two attached hydrogens (primary N) is 1. The monoisotopic (exact) mass is 269 g/mol. The molecule has 19 heavy (non-hydrogen) atoms. The van der Waals surface area contributed by atoms with Gasteiger partial charge in [0.25, 0.3) is 0 Å². The summed E-state index contributed by atoms with van der Waals surface area (Å²) >= 11 is 0. The zero-order valence-electron chi connectivity index (χ0n) is 13.1. The van der Waals surface area contributed by atoms with Gasteiger partial charge in [-0.1, -0.05) is 45.7 Å². The molecule has 0 amide bonds. The first-order valence-electron chi connectivity index (χ1n) is 7.59. The van der Waals surface area contributed by atoms with Crippen LogP contribution in [0.2, 0.25) is 0 Å². The molecule has 0 aromatic carbocycles. The number of nitrogens with zero attached hydrogens (tertiary/aromatic N) is 2. The Morgan fingerprint density at radius 2 is 1.79 bits per heavy atom. The molecule has 0 bridgehead atoms. The molecule has 0 aromatic heterocycles. The first-order chi connectivity index (χ1) is 8.89. The molecule has 0 unspecified atom stereocenters. The molecule has 1 fully saturated rings. The fourth-order valence-corrected chi connectivity index (χ4v) is 2.91. The van der Waals surface area contributed by atoms with Gasteiger partial charge in [-0.25, -0.2) is 0 Å². The number of amidine groups is 1. The average Bonchev–Trinajstić information content (AvgIpc) is 2.44. The molecule has 0 aliphatic carbocycles. The highest BCUT2D eigenvalue weighted by Crippen LogP contribution is 2.38. The van der Waals surface area contributed by atoms with Gasteiger partial charge in [-0.2, -0.15) is 0 Å². The first kappa shape index (κ1) is 16.3. The van der Waals surface area contributed by atoms with E-state index in [1.54, 1.807) is 0 Å². The van der Waals surface area contributed by atoms with Crippen LogP contribution in [0, 0.1) is 10.8 Å². The number of hydrogen-bond acceptors (Lipinski definition) is 3. The number of rotatable bonds is 6. The predicted octanol–water partition coefficient (Wildman–Crippen LogP) is 3.05. The second-order valence-electron chi connectivity index (χ2n) is 6.67. The SMILES string of the molecule is CCC1(CC)CCN(CCC(C)(C)C(N)=NO)CC1. The third-order valence-electron chi connectivity index (χ3n) is 5.27. The van der Waals surface area contributed by atoms with E-state index in [0.717, 1.165) is 13.0 Å². The Kier molecular flexibility index (Phi) is 5.65. The van der Waals surface area contributed by atoms with E-state index < -0.39 is 0 Å². The Morgan fingerprint density at radius 3 is 2.21 bits per heavy atom. The van der Waals surface area contributed by atoms with Crippen LogP contribution >= 0.6 is 0 Å². The van der Waals surface area contributed by atoms with Crippen molar-refractivity contribution in [2.24, 2.45) is 21.7 Å². The summed E-state index contributed by atoms with van der Waals surface area (Å²) in [6.45, 7) is 12.1. The number of piperidine rings is 1.